The van der Waals surface area contributed by atoms with Gasteiger partial charge in [0.25, 0.3) is 0 Å². The van der Waals surface area contributed by atoms with Crippen molar-refractivity contribution in [1.29, 1.82) is 0 Å². The summed E-state index contributed by atoms with van der Waals surface area (Å²) in [5, 5.41) is 0. The number of piperazine rings is 1. The Morgan fingerprint density at radius 3 is 2.48 bits per heavy atom. The van der Waals surface area contributed by atoms with Crippen LogP contribution in [0.4, 0.5) is 11.6 Å². The van der Waals surface area contributed by atoms with E-state index >= 15 is 0 Å². The topological polar surface area (TPSA) is 54.4 Å². The second kappa shape index (κ2) is 8.03. The van der Waals surface area contributed by atoms with Crippen LogP contribution in [0.1, 0.15) is 6.92 Å². The van der Waals surface area contributed by atoms with E-state index in [2.05, 4.69) is 25.8 Å². The van der Waals surface area contributed by atoms with E-state index in [0.29, 0.717) is 6.61 Å². The smallest absolute Gasteiger partial charge is 0.147 e. The molecule has 1 fully saturated rings. The molecule has 4 rings (SSSR count). The molecular formula is C21H23N5O. The zero-order valence-corrected chi connectivity index (χ0v) is 15.5. The minimum atomic E-state index is 0.649. The fraction of sp³-hybridized carbons (Fsp3) is 0.286. The summed E-state index contributed by atoms with van der Waals surface area (Å²) in [7, 11) is 0. The molecule has 0 saturated carbocycles. The molecule has 0 spiro atoms. The maximum atomic E-state index is 5.60. The Morgan fingerprint density at radius 2 is 1.74 bits per heavy atom. The molecule has 6 nitrogen and oxygen atoms in total. The summed E-state index contributed by atoms with van der Waals surface area (Å²) in [4.78, 5) is 18.3. The summed E-state index contributed by atoms with van der Waals surface area (Å²) in [6.07, 6.45) is 5.48. The molecule has 138 valence electrons. The first-order valence-corrected chi connectivity index (χ1v) is 9.29. The number of aromatic nitrogens is 3. The number of hydrogen-bond acceptors (Lipinski definition) is 6. The van der Waals surface area contributed by atoms with Crippen molar-refractivity contribution in [2.75, 3.05) is 42.6 Å². The Morgan fingerprint density at radius 1 is 0.926 bits per heavy atom. The monoisotopic (exact) mass is 361 g/mol. The van der Waals surface area contributed by atoms with Gasteiger partial charge in [-0.25, -0.2) is 9.97 Å². The SMILES string of the molecule is CCOc1cccc(-c2cncc(N3CCN(c4ccccn4)CC3)n2)c1. The number of benzene rings is 1. The highest BCUT2D eigenvalue weighted by Gasteiger charge is 2.19. The minimum Gasteiger partial charge on any atom is -0.494 e. The standard InChI is InChI=1S/C21H23N5O/c1-2-27-18-7-5-6-17(14-18)19-15-22-16-21(24-19)26-12-10-25(11-13-26)20-8-3-4-9-23-20/h3-9,14-16H,2,10-13H2,1H3. The summed E-state index contributed by atoms with van der Waals surface area (Å²) < 4.78 is 5.60. The van der Waals surface area contributed by atoms with E-state index in [1.807, 2.05) is 55.7 Å². The lowest BCUT2D eigenvalue weighted by Crippen LogP contribution is -2.47. The van der Waals surface area contributed by atoms with Crippen molar-refractivity contribution in [1.82, 2.24) is 15.0 Å². The number of ether oxygens (including phenoxy) is 1. The molecule has 3 aromatic rings. The van der Waals surface area contributed by atoms with Crippen molar-refractivity contribution in [3.63, 3.8) is 0 Å². The molecule has 1 aliphatic heterocycles. The zero-order valence-electron chi connectivity index (χ0n) is 15.5. The van der Waals surface area contributed by atoms with E-state index in [0.717, 1.165) is 54.8 Å². The van der Waals surface area contributed by atoms with Crippen molar-refractivity contribution in [3.8, 4) is 17.0 Å². The fourth-order valence-corrected chi connectivity index (χ4v) is 3.26. The number of anilines is 2. The van der Waals surface area contributed by atoms with Crippen LogP contribution in [0.5, 0.6) is 5.75 Å². The van der Waals surface area contributed by atoms with Crippen molar-refractivity contribution in [2.24, 2.45) is 0 Å². The average Bonchev–Trinajstić information content (AvgIpc) is 2.75. The van der Waals surface area contributed by atoms with Crippen LogP contribution in [0.3, 0.4) is 0 Å². The Kier molecular flexibility index (Phi) is 5.14. The van der Waals surface area contributed by atoms with Gasteiger partial charge in [-0.1, -0.05) is 18.2 Å². The van der Waals surface area contributed by atoms with E-state index in [9.17, 15) is 0 Å². The lowest BCUT2D eigenvalue weighted by Gasteiger charge is -2.36. The summed E-state index contributed by atoms with van der Waals surface area (Å²) in [5.74, 6) is 2.80. The third-order valence-corrected chi connectivity index (χ3v) is 4.64. The highest BCUT2D eigenvalue weighted by atomic mass is 16.5. The highest BCUT2D eigenvalue weighted by Crippen LogP contribution is 2.24. The van der Waals surface area contributed by atoms with Crippen molar-refractivity contribution in [2.45, 2.75) is 6.92 Å². The van der Waals surface area contributed by atoms with Gasteiger partial charge < -0.3 is 14.5 Å². The predicted molar refractivity (Wildman–Crippen MR) is 107 cm³/mol. The minimum absolute atomic E-state index is 0.649. The Hall–Kier alpha value is -3.15. The summed E-state index contributed by atoms with van der Waals surface area (Å²) in [6.45, 7) is 6.26. The number of rotatable bonds is 5. The zero-order chi connectivity index (χ0) is 18.5. The van der Waals surface area contributed by atoms with Crippen LogP contribution in [-0.4, -0.2) is 47.7 Å². The van der Waals surface area contributed by atoms with Gasteiger partial charge >= 0.3 is 0 Å². The Labute approximate surface area is 159 Å². The molecule has 0 amide bonds. The van der Waals surface area contributed by atoms with Crippen LogP contribution >= 0.6 is 0 Å². The van der Waals surface area contributed by atoms with Gasteiger partial charge in [0.15, 0.2) is 0 Å². The first-order valence-electron chi connectivity index (χ1n) is 9.29. The van der Waals surface area contributed by atoms with E-state index in [-0.39, 0.29) is 0 Å². The lowest BCUT2D eigenvalue weighted by molar-refractivity contribution is 0.340. The summed E-state index contributed by atoms with van der Waals surface area (Å²) in [6, 6.07) is 14.0. The quantitative estimate of drug-likeness (QED) is 0.695. The molecule has 0 atom stereocenters. The molecule has 0 radical (unpaired) electrons. The predicted octanol–water partition coefficient (Wildman–Crippen LogP) is 3.26. The molecule has 0 bridgehead atoms. The molecule has 0 unspecified atom stereocenters. The van der Waals surface area contributed by atoms with Gasteiger partial charge in [-0.2, -0.15) is 0 Å². The van der Waals surface area contributed by atoms with Gasteiger partial charge in [-0.05, 0) is 31.2 Å². The van der Waals surface area contributed by atoms with Crippen LogP contribution in [0, 0.1) is 0 Å². The largest absolute Gasteiger partial charge is 0.494 e. The van der Waals surface area contributed by atoms with E-state index in [1.165, 1.54) is 0 Å². The second-order valence-corrected chi connectivity index (χ2v) is 6.39. The van der Waals surface area contributed by atoms with Crippen molar-refractivity contribution >= 4 is 11.6 Å². The lowest BCUT2D eigenvalue weighted by atomic mass is 10.1. The maximum Gasteiger partial charge on any atom is 0.147 e. The van der Waals surface area contributed by atoms with Gasteiger partial charge in [0, 0.05) is 37.9 Å². The third-order valence-electron chi connectivity index (χ3n) is 4.64. The van der Waals surface area contributed by atoms with Crippen molar-refractivity contribution in [3.05, 3.63) is 61.1 Å². The van der Waals surface area contributed by atoms with Crippen LogP contribution < -0.4 is 14.5 Å². The van der Waals surface area contributed by atoms with E-state index in [4.69, 9.17) is 9.72 Å². The Balaban J connectivity index is 1.48. The molecule has 1 aliphatic rings. The summed E-state index contributed by atoms with van der Waals surface area (Å²) >= 11 is 0. The molecule has 0 aliphatic carbocycles. The summed E-state index contributed by atoms with van der Waals surface area (Å²) in [5.41, 5.74) is 1.88. The maximum absolute atomic E-state index is 5.60. The highest BCUT2D eigenvalue weighted by molar-refractivity contribution is 5.62. The molecule has 27 heavy (non-hydrogen) atoms. The molecule has 0 N–H and O–H groups in total. The third kappa shape index (κ3) is 4.00. The fourth-order valence-electron chi connectivity index (χ4n) is 3.26. The number of pyridine rings is 1. The van der Waals surface area contributed by atoms with Gasteiger partial charge in [0.05, 0.1) is 24.7 Å². The molecule has 2 aromatic heterocycles. The van der Waals surface area contributed by atoms with Crippen LogP contribution in [0.2, 0.25) is 0 Å². The number of hydrogen-bond donors (Lipinski definition) is 0. The van der Waals surface area contributed by atoms with Crippen LogP contribution in [0.25, 0.3) is 11.3 Å². The van der Waals surface area contributed by atoms with E-state index in [1.54, 1.807) is 6.20 Å². The van der Waals surface area contributed by atoms with Crippen molar-refractivity contribution < 1.29 is 4.74 Å². The first-order chi connectivity index (χ1) is 13.3. The average molecular weight is 361 g/mol. The molecule has 1 saturated heterocycles. The van der Waals surface area contributed by atoms with Gasteiger partial charge in [0.1, 0.15) is 17.4 Å². The van der Waals surface area contributed by atoms with E-state index < -0.39 is 0 Å². The van der Waals surface area contributed by atoms with Crippen LogP contribution in [0.15, 0.2) is 61.1 Å². The second-order valence-electron chi connectivity index (χ2n) is 6.39. The van der Waals surface area contributed by atoms with Gasteiger partial charge in [-0.3, -0.25) is 4.98 Å². The first kappa shape index (κ1) is 17.3. The number of nitrogens with zero attached hydrogens (tertiary/aromatic N) is 5. The van der Waals surface area contributed by atoms with Gasteiger partial charge in [0.2, 0.25) is 0 Å². The van der Waals surface area contributed by atoms with Crippen LogP contribution in [-0.2, 0) is 0 Å². The normalized spacial score (nSPS) is 14.3. The van der Waals surface area contributed by atoms with Gasteiger partial charge in [-0.15, -0.1) is 0 Å². The molecule has 6 heteroatoms. The Bertz CT molecular complexity index is 879. The molecule has 1 aromatic carbocycles. The molecule has 3 heterocycles. The molecular weight excluding hydrogens is 338 g/mol.